The van der Waals surface area contributed by atoms with E-state index in [1.165, 1.54) is 19.3 Å². The van der Waals surface area contributed by atoms with Crippen molar-refractivity contribution in [1.82, 2.24) is 0 Å². The first-order valence-electron chi connectivity index (χ1n) is 25.9. The van der Waals surface area contributed by atoms with Crippen molar-refractivity contribution < 1.29 is 88.6 Å². The van der Waals surface area contributed by atoms with E-state index in [0.717, 1.165) is 160 Å². The summed E-state index contributed by atoms with van der Waals surface area (Å²) in [5.74, 6) is -4.98. The molecule has 0 aromatic rings. The van der Waals surface area contributed by atoms with Crippen LogP contribution in [-0.4, -0.2) is 82.2 Å². The van der Waals surface area contributed by atoms with Crippen molar-refractivity contribution in [3.05, 3.63) is 38.3 Å². The van der Waals surface area contributed by atoms with E-state index in [1.54, 1.807) is 0 Å². The molecule has 0 aliphatic heterocycles. The lowest BCUT2D eigenvalue weighted by Gasteiger charge is -2.13. The van der Waals surface area contributed by atoms with Gasteiger partial charge >= 0.3 is 29.8 Å². The zero-order valence-corrected chi connectivity index (χ0v) is 43.0. The fourth-order valence-corrected chi connectivity index (χ4v) is 7.54. The fraction of sp³-hybridized carbons (Fsp3) is 0.788. The molecule has 0 bridgehead atoms. The van der Waals surface area contributed by atoms with Crippen LogP contribution >= 0.6 is 0 Å². The molecule has 0 saturated carbocycles. The van der Waals surface area contributed by atoms with E-state index in [0.29, 0.717) is 51.7 Å². The van der Waals surface area contributed by atoms with Gasteiger partial charge in [-0.1, -0.05) is 168 Å². The van der Waals surface area contributed by atoms with Gasteiger partial charge in [-0.3, -0.25) is 19.2 Å². The number of unbranched alkanes of at least 4 members (excludes halogenated alkanes) is 17. The van der Waals surface area contributed by atoms with E-state index in [4.69, 9.17) is 24.7 Å². The second-order valence-corrected chi connectivity index (χ2v) is 17.3. The van der Waals surface area contributed by atoms with Gasteiger partial charge in [0.1, 0.15) is 12.5 Å². The van der Waals surface area contributed by atoms with E-state index >= 15 is 0 Å². The topological polar surface area (TPSA) is 260 Å². The molecule has 0 aromatic carbocycles. The average molecular weight is 1010 g/mol. The van der Waals surface area contributed by atoms with E-state index in [-0.39, 0.29) is 37.3 Å². The molecule has 4 unspecified atom stereocenters. The van der Waals surface area contributed by atoms with Crippen LogP contribution in [0.1, 0.15) is 213 Å². The number of aliphatic carboxylic acids is 5. The van der Waals surface area contributed by atoms with E-state index in [2.05, 4.69) is 46.2 Å². The Kier molecular flexibility index (Phi) is 56.0. The molecule has 0 heterocycles. The third-order valence-electron chi connectivity index (χ3n) is 11.5. The molecule has 70 heavy (non-hydrogen) atoms. The van der Waals surface area contributed by atoms with Gasteiger partial charge in [-0.15, -0.1) is 0 Å². The molecule has 0 radical (unpaired) electrons. The molecule has 18 heteroatoms. The summed E-state index contributed by atoms with van der Waals surface area (Å²) in [5, 5.41) is 45.6. The number of carbonyl (C=O) groups is 5. The Morgan fingerprint density at radius 1 is 0.357 bits per heavy atom. The first kappa shape index (κ1) is 70.2. The van der Waals surface area contributed by atoms with Crippen LogP contribution in [-0.2, 0) is 63.1 Å². The van der Waals surface area contributed by atoms with Crippen LogP contribution in [0.15, 0.2) is 38.3 Å². The fourth-order valence-electron chi connectivity index (χ4n) is 7.54. The highest BCUT2D eigenvalue weighted by atomic mass is 17.3. The maximum atomic E-state index is 11.7. The normalized spacial score (nSPS) is 12.4. The first-order valence-corrected chi connectivity index (χ1v) is 25.9. The molecular weight excluding hydrogens is 913 g/mol. The molecule has 0 aliphatic carbocycles. The first-order chi connectivity index (χ1) is 33.8. The summed E-state index contributed by atoms with van der Waals surface area (Å²) in [5.41, 5.74) is 0. The zero-order valence-electron chi connectivity index (χ0n) is 43.0. The second-order valence-electron chi connectivity index (χ2n) is 17.3. The Hall–Kier alpha value is -4.07. The van der Waals surface area contributed by atoms with Crippen molar-refractivity contribution >= 4 is 29.8 Å². The summed E-state index contributed by atoms with van der Waals surface area (Å²) in [6.45, 7) is 14.1. The van der Waals surface area contributed by atoms with Gasteiger partial charge in [-0.2, -0.15) is 9.78 Å². The van der Waals surface area contributed by atoms with Gasteiger partial charge in [0.15, 0.2) is 0 Å². The molecule has 0 saturated heterocycles. The number of carboxylic acid groups (broad SMARTS) is 5. The van der Waals surface area contributed by atoms with Crippen molar-refractivity contribution in [2.24, 2.45) is 23.7 Å². The van der Waals surface area contributed by atoms with Crippen LogP contribution in [0, 0.1) is 23.7 Å². The Morgan fingerprint density at radius 3 is 0.886 bits per heavy atom. The average Bonchev–Trinajstić information content (AvgIpc) is 3.33. The zero-order chi connectivity index (χ0) is 52.7. The van der Waals surface area contributed by atoms with Crippen molar-refractivity contribution in [2.75, 3.05) is 26.8 Å². The Labute approximate surface area is 419 Å². The van der Waals surface area contributed by atoms with Gasteiger partial charge in [0.2, 0.25) is 13.6 Å². The minimum atomic E-state index is -0.981. The van der Waals surface area contributed by atoms with E-state index in [9.17, 15) is 44.4 Å². The monoisotopic (exact) mass is 1010 g/mol. The van der Waals surface area contributed by atoms with Crippen molar-refractivity contribution in [3.8, 4) is 0 Å². The summed E-state index contributed by atoms with van der Waals surface area (Å²) in [4.78, 5) is 92.6. The lowest BCUT2D eigenvalue weighted by molar-refractivity contribution is -0.419. The summed E-state index contributed by atoms with van der Waals surface area (Å²) >= 11 is 0. The highest BCUT2D eigenvalue weighted by Crippen LogP contribution is 2.23. The standard InChI is InChI=1S/C44H82O12.C5H8O4.C3H4O2/c1-3-5-6-9-17-28-38(42(47)48)30-21-13-14-22-32-40(44(51)52)33-23-16-25-35-54-56-36-55-53-34-24-15-8-7-10-18-29-39(43(49)50)31-20-12-11-19-27-37(26-4-2)41(45)46;1-3-6-8-5-9-7-4-2;1-2-3(4)5/h37-40H,3-36H2,1-2H3,(H,45,46)(H,47,48)(H,49,50)(H,51,52);3-4H,1-2,5H2;2H,1H2,(H,4,5). The van der Waals surface area contributed by atoms with Crippen LogP contribution in [0.3, 0.4) is 0 Å². The quantitative estimate of drug-likeness (QED) is 0.00947. The Morgan fingerprint density at radius 2 is 0.614 bits per heavy atom. The van der Waals surface area contributed by atoms with Gasteiger partial charge in [0, 0.05) is 6.08 Å². The predicted octanol–water partition coefficient (Wildman–Crippen LogP) is 13.2. The summed E-state index contributed by atoms with van der Waals surface area (Å²) in [7, 11) is 0. The molecule has 0 aliphatic rings. The molecular formula is C52H94O18. The molecule has 0 aromatic heterocycles. The van der Waals surface area contributed by atoms with E-state index in [1.807, 2.05) is 6.92 Å². The van der Waals surface area contributed by atoms with Crippen LogP contribution < -0.4 is 0 Å². The molecule has 0 rings (SSSR count). The minimum Gasteiger partial charge on any atom is -0.481 e. The summed E-state index contributed by atoms with van der Waals surface area (Å²) in [6, 6.07) is 0. The van der Waals surface area contributed by atoms with Gasteiger partial charge in [-0.05, 0) is 64.2 Å². The molecule has 410 valence electrons. The lowest BCUT2D eigenvalue weighted by atomic mass is 9.92. The number of carboxylic acids is 5. The van der Waals surface area contributed by atoms with Crippen molar-refractivity contribution in [1.29, 1.82) is 0 Å². The minimum absolute atomic E-state index is 0.127. The lowest BCUT2D eigenvalue weighted by Crippen LogP contribution is -2.14. The largest absolute Gasteiger partial charge is 0.481 e. The highest BCUT2D eigenvalue weighted by molar-refractivity contribution is 5.78. The number of rotatable bonds is 52. The van der Waals surface area contributed by atoms with Crippen LogP contribution in [0.4, 0.5) is 0 Å². The molecule has 4 atom stereocenters. The maximum Gasteiger partial charge on any atom is 0.327 e. The molecule has 0 amide bonds. The van der Waals surface area contributed by atoms with Gasteiger partial charge < -0.3 is 35.3 Å². The van der Waals surface area contributed by atoms with Crippen LogP contribution in [0.5, 0.6) is 0 Å². The highest BCUT2D eigenvalue weighted by Gasteiger charge is 2.19. The Balaban J connectivity index is -0.00000276. The smallest absolute Gasteiger partial charge is 0.327 e. The van der Waals surface area contributed by atoms with Crippen molar-refractivity contribution in [3.63, 3.8) is 0 Å². The van der Waals surface area contributed by atoms with Gasteiger partial charge in [0.25, 0.3) is 0 Å². The van der Waals surface area contributed by atoms with E-state index < -0.39 is 29.8 Å². The molecule has 0 fully saturated rings. The predicted molar refractivity (Wildman–Crippen MR) is 265 cm³/mol. The molecule has 5 N–H and O–H groups in total. The van der Waals surface area contributed by atoms with Gasteiger partial charge in [0.05, 0.1) is 36.9 Å². The molecule has 18 nitrogen and oxygen atoms in total. The number of hydrogen-bond acceptors (Lipinski definition) is 13. The second kappa shape index (κ2) is 55.9. The van der Waals surface area contributed by atoms with Crippen LogP contribution in [0.25, 0.3) is 0 Å². The van der Waals surface area contributed by atoms with Gasteiger partial charge in [-0.25, -0.2) is 24.3 Å². The maximum absolute atomic E-state index is 11.7. The Bertz CT molecular complexity index is 1250. The van der Waals surface area contributed by atoms with Crippen molar-refractivity contribution in [2.45, 2.75) is 213 Å². The third kappa shape index (κ3) is 53.3. The number of hydrogen-bond donors (Lipinski definition) is 5. The summed E-state index contributed by atoms with van der Waals surface area (Å²) < 4.78 is 0. The third-order valence-corrected chi connectivity index (χ3v) is 11.5. The SMILES string of the molecule is C=CC(=O)O.C=COOCOOC=C.CCCCCCCC(CCCCCCC(CCCCCOOCOOCCCCCCCCC(CCCCCCC(CCC)C(=O)O)C(=O)O)C(=O)O)C(=O)O. The summed E-state index contributed by atoms with van der Waals surface area (Å²) in [6.07, 6.45) is 30.8. The molecule has 0 spiro atoms. The van der Waals surface area contributed by atoms with Crippen LogP contribution in [0.2, 0.25) is 0 Å².